The Morgan fingerprint density at radius 1 is 0.882 bits per heavy atom. The van der Waals surface area contributed by atoms with Crippen LogP contribution in [0.2, 0.25) is 0 Å². The van der Waals surface area contributed by atoms with Crippen molar-refractivity contribution in [1.82, 2.24) is 0 Å². The fourth-order valence-corrected chi connectivity index (χ4v) is 1.43. The second-order valence-electron chi connectivity index (χ2n) is 5.31. The van der Waals surface area contributed by atoms with E-state index in [0.717, 1.165) is 23.5 Å². The molecule has 98 valence electrons. The molecule has 2 heteroatoms. The standard InChI is InChI=1S/C15H28N2/c1-9-14(16-12(6)7)15(11(4)5)17-13(8)10(2)3/h10-11H,9H2,1-8H3/b15-14+,17-13?. The van der Waals surface area contributed by atoms with Gasteiger partial charge in [-0.15, -0.1) is 0 Å². The van der Waals surface area contributed by atoms with Crippen LogP contribution in [0.3, 0.4) is 0 Å². The summed E-state index contributed by atoms with van der Waals surface area (Å²) in [5, 5.41) is 0. The molecular formula is C15H28N2. The molecule has 0 saturated heterocycles. The molecule has 0 radical (unpaired) electrons. The van der Waals surface area contributed by atoms with E-state index >= 15 is 0 Å². The molecule has 0 fully saturated rings. The van der Waals surface area contributed by atoms with Gasteiger partial charge in [0.2, 0.25) is 0 Å². The van der Waals surface area contributed by atoms with Crippen LogP contribution in [-0.4, -0.2) is 11.4 Å². The van der Waals surface area contributed by atoms with Gasteiger partial charge in [-0.25, -0.2) is 0 Å². The quantitative estimate of drug-likeness (QED) is 0.609. The zero-order chi connectivity index (χ0) is 13.6. The first-order valence-electron chi connectivity index (χ1n) is 6.59. The summed E-state index contributed by atoms with van der Waals surface area (Å²) in [5.41, 5.74) is 4.54. The summed E-state index contributed by atoms with van der Waals surface area (Å²) >= 11 is 0. The maximum atomic E-state index is 4.79. The maximum Gasteiger partial charge on any atom is 0.0642 e. The minimum atomic E-state index is 0.418. The van der Waals surface area contributed by atoms with Crippen molar-refractivity contribution in [3.8, 4) is 0 Å². The van der Waals surface area contributed by atoms with Crippen LogP contribution in [0.25, 0.3) is 0 Å². The Labute approximate surface area is 107 Å². The van der Waals surface area contributed by atoms with E-state index in [1.807, 2.05) is 13.8 Å². The van der Waals surface area contributed by atoms with E-state index in [1.165, 1.54) is 5.71 Å². The highest BCUT2D eigenvalue weighted by Gasteiger charge is 2.10. The number of aliphatic imine (C=N–C) groups is 2. The van der Waals surface area contributed by atoms with Gasteiger partial charge in [0, 0.05) is 11.4 Å². The Bertz CT molecular complexity index is 327. The van der Waals surface area contributed by atoms with Crippen LogP contribution in [0.15, 0.2) is 21.4 Å². The summed E-state index contributed by atoms with van der Waals surface area (Å²) in [6, 6.07) is 0. The fraction of sp³-hybridized carbons (Fsp3) is 0.733. The summed E-state index contributed by atoms with van der Waals surface area (Å²) in [6.07, 6.45) is 0.938. The van der Waals surface area contributed by atoms with Crippen LogP contribution < -0.4 is 0 Å². The molecule has 0 unspecified atom stereocenters. The Morgan fingerprint density at radius 2 is 1.41 bits per heavy atom. The zero-order valence-corrected chi connectivity index (χ0v) is 12.8. The highest BCUT2D eigenvalue weighted by molar-refractivity contribution is 5.85. The maximum absolute atomic E-state index is 4.79. The number of rotatable bonds is 5. The lowest BCUT2D eigenvalue weighted by atomic mass is 10.1. The van der Waals surface area contributed by atoms with E-state index in [9.17, 15) is 0 Å². The second kappa shape index (κ2) is 7.41. The van der Waals surface area contributed by atoms with E-state index in [2.05, 4.69) is 46.5 Å². The van der Waals surface area contributed by atoms with E-state index in [-0.39, 0.29) is 0 Å². The van der Waals surface area contributed by atoms with Crippen molar-refractivity contribution in [2.24, 2.45) is 21.8 Å². The smallest absolute Gasteiger partial charge is 0.0642 e. The molecule has 0 aromatic rings. The van der Waals surface area contributed by atoms with Gasteiger partial charge in [-0.3, -0.25) is 9.98 Å². The fourth-order valence-electron chi connectivity index (χ4n) is 1.43. The normalized spacial score (nSPS) is 14.1. The Balaban J connectivity index is 5.54. The average molecular weight is 236 g/mol. The van der Waals surface area contributed by atoms with E-state index in [4.69, 9.17) is 4.99 Å². The van der Waals surface area contributed by atoms with Gasteiger partial charge >= 0.3 is 0 Å². The summed E-state index contributed by atoms with van der Waals surface area (Å²) in [7, 11) is 0. The first kappa shape index (κ1) is 16.1. The first-order chi connectivity index (χ1) is 7.79. The molecule has 0 amide bonds. The summed E-state index contributed by atoms with van der Waals surface area (Å²) in [6.45, 7) is 17.0. The molecule has 0 heterocycles. The summed E-state index contributed by atoms with van der Waals surface area (Å²) < 4.78 is 0. The Morgan fingerprint density at radius 3 is 1.71 bits per heavy atom. The van der Waals surface area contributed by atoms with Crippen LogP contribution in [0.5, 0.6) is 0 Å². The van der Waals surface area contributed by atoms with Crippen LogP contribution in [0.4, 0.5) is 0 Å². The molecule has 0 bridgehead atoms. The van der Waals surface area contributed by atoms with Gasteiger partial charge in [0.05, 0.1) is 11.4 Å². The molecule has 0 atom stereocenters. The van der Waals surface area contributed by atoms with Gasteiger partial charge in [-0.05, 0) is 39.0 Å². The monoisotopic (exact) mass is 236 g/mol. The third-order valence-electron chi connectivity index (χ3n) is 2.67. The average Bonchev–Trinajstić information content (AvgIpc) is 2.21. The lowest BCUT2D eigenvalue weighted by Crippen LogP contribution is -2.06. The molecule has 0 aliphatic carbocycles. The van der Waals surface area contributed by atoms with Gasteiger partial charge in [-0.2, -0.15) is 0 Å². The van der Waals surface area contributed by atoms with E-state index in [1.54, 1.807) is 0 Å². The number of hydrogen-bond donors (Lipinski definition) is 0. The summed E-state index contributed by atoms with van der Waals surface area (Å²) in [4.78, 5) is 9.41. The lowest BCUT2D eigenvalue weighted by molar-refractivity contribution is 0.727. The molecular weight excluding hydrogens is 208 g/mol. The molecule has 0 N–H and O–H groups in total. The van der Waals surface area contributed by atoms with Gasteiger partial charge in [0.25, 0.3) is 0 Å². The van der Waals surface area contributed by atoms with Crippen molar-refractivity contribution in [1.29, 1.82) is 0 Å². The number of nitrogens with zero attached hydrogens (tertiary/aromatic N) is 2. The zero-order valence-electron chi connectivity index (χ0n) is 12.8. The SMILES string of the molecule is CC/C(N=C(C)C)=C(\N=C(C)C(C)C)C(C)C. The predicted octanol–water partition coefficient (Wildman–Crippen LogP) is 4.86. The predicted molar refractivity (Wildman–Crippen MR) is 78.9 cm³/mol. The Kier molecular flexibility index (Phi) is 7.01. The molecule has 0 saturated carbocycles. The largest absolute Gasteiger partial charge is 0.261 e. The number of allylic oxidation sites excluding steroid dienone is 2. The summed E-state index contributed by atoms with van der Waals surface area (Å²) in [5.74, 6) is 0.912. The number of hydrogen-bond acceptors (Lipinski definition) is 2. The molecule has 2 nitrogen and oxygen atoms in total. The molecule has 0 aliphatic heterocycles. The van der Waals surface area contributed by atoms with Crippen molar-refractivity contribution in [3.05, 3.63) is 11.4 Å². The molecule has 0 rings (SSSR count). The van der Waals surface area contributed by atoms with Crippen LogP contribution >= 0.6 is 0 Å². The van der Waals surface area contributed by atoms with Crippen LogP contribution in [0.1, 0.15) is 61.8 Å². The lowest BCUT2D eigenvalue weighted by Gasteiger charge is -2.13. The molecule has 0 aliphatic rings. The van der Waals surface area contributed by atoms with Crippen molar-refractivity contribution in [2.75, 3.05) is 0 Å². The molecule has 17 heavy (non-hydrogen) atoms. The molecule has 0 aromatic carbocycles. The minimum Gasteiger partial charge on any atom is -0.261 e. The Hall–Kier alpha value is -0.920. The van der Waals surface area contributed by atoms with Crippen molar-refractivity contribution in [3.63, 3.8) is 0 Å². The van der Waals surface area contributed by atoms with Gasteiger partial charge in [0.1, 0.15) is 0 Å². The van der Waals surface area contributed by atoms with Crippen LogP contribution in [-0.2, 0) is 0 Å². The van der Waals surface area contributed by atoms with Crippen LogP contribution in [0, 0.1) is 11.8 Å². The minimum absolute atomic E-state index is 0.418. The highest BCUT2D eigenvalue weighted by atomic mass is 14.8. The second-order valence-corrected chi connectivity index (χ2v) is 5.31. The van der Waals surface area contributed by atoms with E-state index in [0.29, 0.717) is 11.8 Å². The van der Waals surface area contributed by atoms with Gasteiger partial charge in [0.15, 0.2) is 0 Å². The first-order valence-corrected chi connectivity index (χ1v) is 6.59. The van der Waals surface area contributed by atoms with Crippen molar-refractivity contribution >= 4 is 11.4 Å². The van der Waals surface area contributed by atoms with Gasteiger partial charge < -0.3 is 0 Å². The van der Waals surface area contributed by atoms with Crippen molar-refractivity contribution < 1.29 is 0 Å². The van der Waals surface area contributed by atoms with Gasteiger partial charge in [-0.1, -0.05) is 34.6 Å². The molecule has 0 aromatic heterocycles. The van der Waals surface area contributed by atoms with E-state index < -0.39 is 0 Å². The highest BCUT2D eigenvalue weighted by Crippen LogP contribution is 2.21. The third-order valence-corrected chi connectivity index (χ3v) is 2.67. The van der Waals surface area contributed by atoms with Crippen molar-refractivity contribution in [2.45, 2.75) is 61.8 Å². The third kappa shape index (κ3) is 5.81. The topological polar surface area (TPSA) is 24.7 Å². The molecule has 0 spiro atoms.